The van der Waals surface area contributed by atoms with Crippen LogP contribution in [0.4, 0.5) is 0 Å². The fourth-order valence-electron chi connectivity index (χ4n) is 1.83. The summed E-state index contributed by atoms with van der Waals surface area (Å²) in [5.41, 5.74) is 3.98. The van der Waals surface area contributed by atoms with Gasteiger partial charge >= 0.3 is 0 Å². The van der Waals surface area contributed by atoms with Crippen LogP contribution in [-0.2, 0) is 6.54 Å². The Bertz CT molecular complexity index is 565. The van der Waals surface area contributed by atoms with Gasteiger partial charge in [0.2, 0.25) is 0 Å². The van der Waals surface area contributed by atoms with Crippen LogP contribution in [-0.4, -0.2) is 14.8 Å². The zero-order valence-corrected chi connectivity index (χ0v) is 10.8. The number of nitrogens with zero attached hydrogens (tertiary/aromatic N) is 3. The Hall–Kier alpha value is -2.16. The predicted molar refractivity (Wildman–Crippen MR) is 75.0 cm³/mol. The predicted octanol–water partition coefficient (Wildman–Crippen LogP) is 3.55. The van der Waals surface area contributed by atoms with E-state index in [1.54, 1.807) is 6.20 Å². The molecule has 0 atom stereocenters. The Morgan fingerprint density at radius 3 is 2.94 bits per heavy atom. The lowest BCUT2D eigenvalue weighted by Crippen LogP contribution is -1.93. The maximum atomic E-state index is 4.58. The molecule has 2 rings (SSSR count). The lowest BCUT2D eigenvalue weighted by molar-refractivity contribution is 0.662. The average Bonchev–Trinajstić information content (AvgIpc) is 2.84. The second kappa shape index (κ2) is 5.45. The Labute approximate surface area is 107 Å². The van der Waals surface area contributed by atoms with E-state index in [2.05, 4.69) is 23.6 Å². The molecule has 3 nitrogen and oxygen atoms in total. The van der Waals surface area contributed by atoms with Crippen LogP contribution in [0.2, 0.25) is 0 Å². The number of pyridine rings is 1. The van der Waals surface area contributed by atoms with E-state index in [-0.39, 0.29) is 0 Å². The van der Waals surface area contributed by atoms with Crippen molar-refractivity contribution in [2.45, 2.75) is 20.4 Å². The van der Waals surface area contributed by atoms with Gasteiger partial charge in [0, 0.05) is 36.3 Å². The Morgan fingerprint density at radius 1 is 1.50 bits per heavy atom. The lowest BCUT2D eigenvalue weighted by atomic mass is 10.0. The van der Waals surface area contributed by atoms with E-state index in [1.807, 2.05) is 48.3 Å². The van der Waals surface area contributed by atoms with Gasteiger partial charge in [0.05, 0.1) is 0 Å². The topological polar surface area (TPSA) is 30.7 Å². The molecule has 0 aliphatic heterocycles. The van der Waals surface area contributed by atoms with E-state index in [4.69, 9.17) is 0 Å². The van der Waals surface area contributed by atoms with Gasteiger partial charge in [-0.05, 0) is 31.6 Å². The number of hydrogen-bond donors (Lipinski definition) is 0. The molecule has 2 aromatic heterocycles. The lowest BCUT2D eigenvalue weighted by Gasteiger charge is -2.01. The fourth-order valence-corrected chi connectivity index (χ4v) is 1.83. The van der Waals surface area contributed by atoms with Gasteiger partial charge in [-0.1, -0.05) is 18.7 Å². The van der Waals surface area contributed by atoms with Gasteiger partial charge in [-0.2, -0.15) is 5.10 Å². The molecule has 2 aromatic rings. The maximum absolute atomic E-state index is 4.58. The second-order valence-corrected chi connectivity index (χ2v) is 4.01. The molecule has 18 heavy (non-hydrogen) atoms. The van der Waals surface area contributed by atoms with E-state index >= 15 is 0 Å². The monoisotopic (exact) mass is 239 g/mol. The van der Waals surface area contributed by atoms with E-state index in [0.717, 1.165) is 28.9 Å². The van der Waals surface area contributed by atoms with Crippen LogP contribution in [0.3, 0.4) is 0 Å². The van der Waals surface area contributed by atoms with Crippen molar-refractivity contribution in [3.05, 3.63) is 55.0 Å². The number of hydrogen-bond acceptors (Lipinski definition) is 2. The van der Waals surface area contributed by atoms with Crippen molar-refractivity contribution >= 4 is 5.57 Å². The molecule has 0 bridgehead atoms. The first-order valence-electron chi connectivity index (χ1n) is 6.06. The molecule has 0 spiro atoms. The van der Waals surface area contributed by atoms with E-state index in [1.165, 1.54) is 0 Å². The van der Waals surface area contributed by atoms with Crippen LogP contribution in [0.1, 0.15) is 19.4 Å². The minimum atomic E-state index is 0.844. The number of rotatable bonds is 4. The minimum Gasteiger partial charge on any atom is -0.272 e. The zero-order chi connectivity index (χ0) is 13.0. The highest BCUT2D eigenvalue weighted by molar-refractivity contribution is 5.81. The summed E-state index contributed by atoms with van der Waals surface area (Å²) in [6.45, 7) is 8.99. The third kappa shape index (κ3) is 2.40. The largest absolute Gasteiger partial charge is 0.272 e. The normalized spacial score (nSPS) is 11.0. The Balaban J connectivity index is 2.52. The Morgan fingerprint density at radius 2 is 2.33 bits per heavy atom. The maximum Gasteiger partial charge on any atom is 0.102 e. The summed E-state index contributed by atoms with van der Waals surface area (Å²) in [6, 6.07) is 3.93. The van der Waals surface area contributed by atoms with Crippen LogP contribution in [0.25, 0.3) is 16.8 Å². The van der Waals surface area contributed by atoms with Crippen molar-refractivity contribution in [2.75, 3.05) is 0 Å². The third-order valence-corrected chi connectivity index (χ3v) is 2.73. The van der Waals surface area contributed by atoms with Crippen molar-refractivity contribution in [2.24, 2.45) is 0 Å². The first-order valence-corrected chi connectivity index (χ1v) is 6.06. The molecular formula is C15H17N3. The molecule has 0 N–H and O–H groups in total. The third-order valence-electron chi connectivity index (χ3n) is 2.73. The number of aryl methyl sites for hydroxylation is 1. The molecule has 0 amide bonds. The van der Waals surface area contributed by atoms with Gasteiger partial charge < -0.3 is 0 Å². The first kappa shape index (κ1) is 12.3. The molecule has 0 aliphatic carbocycles. The molecule has 0 saturated carbocycles. The zero-order valence-electron chi connectivity index (χ0n) is 10.8. The van der Waals surface area contributed by atoms with Crippen LogP contribution >= 0.6 is 0 Å². The smallest absolute Gasteiger partial charge is 0.102 e. The van der Waals surface area contributed by atoms with E-state index in [0.29, 0.717) is 0 Å². The van der Waals surface area contributed by atoms with Gasteiger partial charge in [0.1, 0.15) is 5.69 Å². The van der Waals surface area contributed by atoms with Crippen LogP contribution in [0.15, 0.2) is 49.5 Å². The van der Waals surface area contributed by atoms with Gasteiger partial charge in [0.25, 0.3) is 0 Å². The second-order valence-electron chi connectivity index (χ2n) is 4.01. The van der Waals surface area contributed by atoms with Crippen LogP contribution < -0.4 is 0 Å². The van der Waals surface area contributed by atoms with Gasteiger partial charge in [-0.3, -0.25) is 9.67 Å². The average molecular weight is 239 g/mol. The summed E-state index contributed by atoms with van der Waals surface area (Å²) in [5.74, 6) is 0. The minimum absolute atomic E-state index is 0.844. The summed E-state index contributed by atoms with van der Waals surface area (Å²) in [7, 11) is 0. The van der Waals surface area contributed by atoms with Crippen LogP contribution in [0.5, 0.6) is 0 Å². The Kier molecular flexibility index (Phi) is 3.72. The van der Waals surface area contributed by atoms with E-state index < -0.39 is 0 Å². The number of allylic oxidation sites excluding steroid dienone is 3. The van der Waals surface area contributed by atoms with Gasteiger partial charge in [-0.15, -0.1) is 0 Å². The van der Waals surface area contributed by atoms with Crippen LogP contribution in [0, 0.1) is 0 Å². The quantitative estimate of drug-likeness (QED) is 0.764. The van der Waals surface area contributed by atoms with Crippen molar-refractivity contribution < 1.29 is 0 Å². The molecule has 2 heterocycles. The highest BCUT2D eigenvalue weighted by Crippen LogP contribution is 2.27. The van der Waals surface area contributed by atoms with Crippen molar-refractivity contribution in [3.63, 3.8) is 0 Å². The van der Waals surface area contributed by atoms with E-state index in [9.17, 15) is 0 Å². The summed E-state index contributed by atoms with van der Waals surface area (Å²) in [5, 5.41) is 4.58. The molecule has 0 unspecified atom stereocenters. The standard InChI is InChI=1S/C15H17N3/c1-4-7-12(3)14-11-18(5-2)17-15(14)13-8-6-9-16-10-13/h4,6-11H,3,5H2,1-2H3/b7-4-. The molecule has 0 fully saturated rings. The SMILES string of the molecule is C=C(/C=C\C)c1cn(CC)nc1-c1cccnc1. The summed E-state index contributed by atoms with van der Waals surface area (Å²) >= 11 is 0. The summed E-state index contributed by atoms with van der Waals surface area (Å²) < 4.78 is 1.92. The van der Waals surface area contributed by atoms with Crippen molar-refractivity contribution in [3.8, 4) is 11.3 Å². The highest BCUT2D eigenvalue weighted by atomic mass is 15.3. The summed E-state index contributed by atoms with van der Waals surface area (Å²) in [4.78, 5) is 4.15. The highest BCUT2D eigenvalue weighted by Gasteiger charge is 2.11. The van der Waals surface area contributed by atoms with Gasteiger partial charge in [0.15, 0.2) is 0 Å². The molecule has 0 radical (unpaired) electrons. The molecule has 0 saturated heterocycles. The molecule has 3 heteroatoms. The molecule has 0 aliphatic rings. The fraction of sp³-hybridized carbons (Fsp3) is 0.200. The molecule has 0 aromatic carbocycles. The van der Waals surface area contributed by atoms with Gasteiger partial charge in [-0.25, -0.2) is 0 Å². The number of aromatic nitrogens is 3. The summed E-state index contributed by atoms with van der Waals surface area (Å²) in [6.07, 6.45) is 9.61. The van der Waals surface area contributed by atoms with Crippen molar-refractivity contribution in [1.82, 2.24) is 14.8 Å². The molecular weight excluding hydrogens is 222 g/mol. The van der Waals surface area contributed by atoms with Crippen molar-refractivity contribution in [1.29, 1.82) is 0 Å². The first-order chi connectivity index (χ1) is 8.76. The molecule has 92 valence electrons.